The van der Waals surface area contributed by atoms with Crippen LogP contribution in [0, 0.1) is 6.92 Å². The molecule has 230 valence electrons. The van der Waals surface area contributed by atoms with Crippen LogP contribution in [0.3, 0.4) is 0 Å². The zero-order valence-corrected chi connectivity index (χ0v) is 24.8. The van der Waals surface area contributed by atoms with E-state index < -0.39 is 17.2 Å². The first-order valence-corrected chi connectivity index (χ1v) is 15.2. The second-order valence-corrected chi connectivity index (χ2v) is 11.5. The highest BCUT2D eigenvalue weighted by atomic mass is 32.2. The van der Waals surface area contributed by atoms with Crippen LogP contribution in [-0.2, 0) is 22.1 Å². The number of ether oxygens (including phenoxy) is 2. The van der Waals surface area contributed by atoms with Crippen LogP contribution in [0.1, 0.15) is 21.5 Å². The van der Waals surface area contributed by atoms with Crippen molar-refractivity contribution in [2.75, 3.05) is 43.2 Å². The van der Waals surface area contributed by atoms with Gasteiger partial charge in [-0.25, -0.2) is 9.97 Å². The molecule has 44 heavy (non-hydrogen) atoms. The van der Waals surface area contributed by atoms with Crippen LogP contribution < -0.4 is 15.4 Å². The first-order valence-electron chi connectivity index (χ1n) is 13.7. The van der Waals surface area contributed by atoms with Crippen molar-refractivity contribution >= 4 is 34.0 Å². The predicted molar refractivity (Wildman–Crippen MR) is 161 cm³/mol. The smallest absolute Gasteiger partial charge is 0.406 e. The zero-order valence-electron chi connectivity index (χ0n) is 24.0. The number of nitrogens with zero attached hydrogens (tertiary/aromatic N) is 3. The predicted octanol–water partition coefficient (Wildman–Crippen LogP) is 5.92. The molecule has 1 aliphatic heterocycles. The molecule has 0 radical (unpaired) electrons. The van der Waals surface area contributed by atoms with Gasteiger partial charge in [0, 0.05) is 54.6 Å². The number of hydrogen-bond acceptors (Lipinski definition) is 8. The highest BCUT2D eigenvalue weighted by molar-refractivity contribution is 7.84. The molecular weight excluding hydrogens is 595 g/mol. The minimum Gasteiger partial charge on any atom is -0.406 e. The summed E-state index contributed by atoms with van der Waals surface area (Å²) in [4.78, 5) is 24.4. The van der Waals surface area contributed by atoms with Crippen LogP contribution in [0.4, 0.5) is 30.5 Å². The summed E-state index contributed by atoms with van der Waals surface area (Å²) < 4.78 is 59.3. The fourth-order valence-corrected chi connectivity index (χ4v) is 5.25. The molecule has 1 aromatic heterocycles. The summed E-state index contributed by atoms with van der Waals surface area (Å²) >= 11 is 0. The van der Waals surface area contributed by atoms with Crippen LogP contribution in [0.5, 0.6) is 5.75 Å². The summed E-state index contributed by atoms with van der Waals surface area (Å²) in [6, 6.07) is 17.9. The molecule has 1 aliphatic rings. The fraction of sp³-hybridized carbons (Fsp3) is 0.258. The number of amides is 1. The van der Waals surface area contributed by atoms with Crippen molar-refractivity contribution in [3.05, 3.63) is 89.6 Å². The number of aryl methyl sites for hydroxylation is 1. The van der Waals surface area contributed by atoms with Crippen molar-refractivity contribution in [1.82, 2.24) is 14.9 Å². The van der Waals surface area contributed by atoms with Crippen LogP contribution in [0.2, 0.25) is 0 Å². The Labute approximate surface area is 254 Å². The van der Waals surface area contributed by atoms with Gasteiger partial charge in [0.05, 0.1) is 34.6 Å². The van der Waals surface area contributed by atoms with Gasteiger partial charge >= 0.3 is 6.36 Å². The Morgan fingerprint density at radius 2 is 1.75 bits per heavy atom. The van der Waals surface area contributed by atoms with Gasteiger partial charge < -0.3 is 20.1 Å². The van der Waals surface area contributed by atoms with Gasteiger partial charge in [0.25, 0.3) is 5.91 Å². The van der Waals surface area contributed by atoms with Gasteiger partial charge in [-0.15, -0.1) is 13.2 Å². The van der Waals surface area contributed by atoms with Crippen LogP contribution in [0.15, 0.2) is 77.8 Å². The maximum absolute atomic E-state index is 13.1. The summed E-state index contributed by atoms with van der Waals surface area (Å²) in [5.74, 6) is -0.461. The van der Waals surface area contributed by atoms with Gasteiger partial charge in [0.2, 0.25) is 5.95 Å². The van der Waals surface area contributed by atoms with Crippen molar-refractivity contribution in [2.24, 2.45) is 0 Å². The molecule has 1 amide bonds. The van der Waals surface area contributed by atoms with Gasteiger partial charge in [0.1, 0.15) is 5.75 Å². The molecule has 0 saturated carbocycles. The summed E-state index contributed by atoms with van der Waals surface area (Å²) in [7, 11) is -1.46. The minimum atomic E-state index is -4.81. The number of carbonyl (C=O) groups excluding carboxylic acids is 1. The third-order valence-corrected chi connectivity index (χ3v) is 7.81. The first kappa shape index (κ1) is 31.1. The molecule has 1 atom stereocenters. The second-order valence-electron chi connectivity index (χ2n) is 10.1. The summed E-state index contributed by atoms with van der Waals surface area (Å²) in [5.41, 5.74) is 4.58. The molecule has 2 heterocycles. The lowest BCUT2D eigenvalue weighted by molar-refractivity contribution is -0.274. The number of halogens is 3. The fourth-order valence-electron chi connectivity index (χ4n) is 4.61. The van der Waals surface area contributed by atoms with Crippen molar-refractivity contribution in [2.45, 2.75) is 24.7 Å². The Kier molecular flexibility index (Phi) is 9.57. The Bertz CT molecular complexity index is 1640. The highest BCUT2D eigenvalue weighted by Crippen LogP contribution is 2.29. The largest absolute Gasteiger partial charge is 0.573 e. The van der Waals surface area contributed by atoms with Crippen LogP contribution in [0.25, 0.3) is 11.3 Å². The average Bonchev–Trinajstić information content (AvgIpc) is 2.99. The molecule has 1 fully saturated rings. The number of alkyl halides is 3. The van der Waals surface area contributed by atoms with Gasteiger partial charge in [-0.1, -0.05) is 12.1 Å². The molecule has 5 rings (SSSR count). The topological polar surface area (TPSA) is 106 Å². The lowest BCUT2D eigenvalue weighted by Crippen LogP contribution is -2.35. The molecule has 9 nitrogen and oxygen atoms in total. The van der Waals surface area contributed by atoms with E-state index in [1.54, 1.807) is 24.3 Å². The van der Waals surface area contributed by atoms with Gasteiger partial charge in [-0.05, 0) is 72.6 Å². The summed E-state index contributed by atoms with van der Waals surface area (Å²) in [6.07, 6.45) is -1.95. The van der Waals surface area contributed by atoms with E-state index in [0.29, 0.717) is 27.4 Å². The van der Waals surface area contributed by atoms with Crippen molar-refractivity contribution in [3.63, 3.8) is 0 Å². The Morgan fingerprint density at radius 3 is 2.41 bits per heavy atom. The average molecular weight is 626 g/mol. The number of benzene rings is 3. The SMILES string of the molecule is Cc1ccc(CN2CCOCC2)cc1NC(=O)c1ccc(Nc2ncc(S(C)=O)c(-c3ccc(OC(F)(F)F)cc3)n2)cc1. The maximum Gasteiger partial charge on any atom is 0.573 e. The van der Waals surface area contributed by atoms with Crippen LogP contribution >= 0.6 is 0 Å². The van der Waals surface area contributed by atoms with E-state index >= 15 is 0 Å². The van der Waals surface area contributed by atoms with Gasteiger partial charge in [0.15, 0.2) is 0 Å². The number of nitrogens with one attached hydrogen (secondary N) is 2. The zero-order chi connectivity index (χ0) is 31.3. The molecule has 0 aliphatic carbocycles. The van der Waals surface area contributed by atoms with Crippen molar-refractivity contribution in [1.29, 1.82) is 0 Å². The number of anilines is 3. The number of morpholine rings is 1. The highest BCUT2D eigenvalue weighted by Gasteiger charge is 2.31. The van der Waals surface area contributed by atoms with Gasteiger partial charge in [-0.2, -0.15) is 0 Å². The molecule has 0 bridgehead atoms. The van der Waals surface area contributed by atoms with E-state index in [2.05, 4.69) is 36.3 Å². The lowest BCUT2D eigenvalue weighted by Gasteiger charge is -2.26. The molecular formula is C31H30F3N5O4S. The standard InChI is InChI=1S/C31H30F3N5O4S/c1-20-3-4-21(19-39-13-15-42-16-14-39)17-26(20)37-29(40)23-5-9-24(10-6-23)36-30-35-18-27(44(2)41)28(38-30)22-7-11-25(12-8-22)43-31(32,33)34/h3-12,17-18H,13-16,19H2,1-2H3,(H,37,40)(H,35,36,38). The van der Waals surface area contributed by atoms with E-state index in [1.807, 2.05) is 19.1 Å². The summed E-state index contributed by atoms with van der Waals surface area (Å²) in [6.45, 7) is 5.91. The van der Waals surface area contributed by atoms with E-state index in [4.69, 9.17) is 4.74 Å². The number of carbonyl (C=O) groups is 1. The normalized spacial score (nSPS) is 14.6. The maximum atomic E-state index is 13.1. The third kappa shape index (κ3) is 8.18. The van der Waals surface area contributed by atoms with Crippen molar-refractivity contribution < 1.29 is 31.6 Å². The Balaban J connectivity index is 1.27. The molecule has 1 unspecified atom stereocenters. The van der Waals surface area contributed by atoms with E-state index in [-0.39, 0.29) is 17.6 Å². The Hall–Kier alpha value is -4.33. The molecule has 1 saturated heterocycles. The van der Waals surface area contributed by atoms with E-state index in [1.165, 1.54) is 24.6 Å². The minimum absolute atomic E-state index is 0.176. The van der Waals surface area contributed by atoms with E-state index in [9.17, 15) is 22.2 Å². The number of hydrogen-bond donors (Lipinski definition) is 2. The second kappa shape index (κ2) is 13.5. The molecule has 13 heteroatoms. The van der Waals surface area contributed by atoms with Crippen molar-refractivity contribution in [3.8, 4) is 17.0 Å². The summed E-state index contributed by atoms with van der Waals surface area (Å²) in [5, 5.41) is 6.06. The van der Waals surface area contributed by atoms with Gasteiger partial charge in [-0.3, -0.25) is 13.9 Å². The molecule has 4 aromatic rings. The Morgan fingerprint density at radius 1 is 1.05 bits per heavy atom. The lowest BCUT2D eigenvalue weighted by atomic mass is 10.1. The van der Waals surface area contributed by atoms with E-state index in [0.717, 1.165) is 61.8 Å². The third-order valence-electron chi connectivity index (χ3n) is 6.89. The monoisotopic (exact) mass is 625 g/mol. The number of aromatic nitrogens is 2. The van der Waals surface area contributed by atoms with Crippen LogP contribution in [-0.4, -0.2) is 63.9 Å². The molecule has 0 spiro atoms. The first-order chi connectivity index (χ1) is 21.0. The molecule has 2 N–H and O–H groups in total. The number of rotatable bonds is 9. The molecule has 3 aromatic carbocycles. The quantitative estimate of drug-likeness (QED) is 0.236.